The number of aryl methyl sites for hydroxylation is 2. The number of para-hydroxylation sites is 1. The first-order valence-corrected chi connectivity index (χ1v) is 6.48. The van der Waals surface area contributed by atoms with Gasteiger partial charge in [-0.3, -0.25) is 0 Å². The molecular weight excluding hydrogens is 252 g/mol. The smallest absolute Gasteiger partial charge is 0.222 e. The summed E-state index contributed by atoms with van der Waals surface area (Å²) >= 11 is 0. The van der Waals surface area contributed by atoms with Gasteiger partial charge in [-0.1, -0.05) is 48.5 Å². The average Bonchev–Trinajstić information content (AvgIpc) is 2.77. The molecule has 0 aliphatic heterocycles. The van der Waals surface area contributed by atoms with Crippen LogP contribution in [0.2, 0.25) is 0 Å². The molecule has 1 N–H and O–H groups in total. The third-order valence-corrected chi connectivity index (χ3v) is 3.48. The number of hydrogen-bond acceptors (Lipinski definition) is 3. The van der Waals surface area contributed by atoms with Crippen LogP contribution in [-0.4, -0.2) is 9.67 Å². The van der Waals surface area contributed by atoms with Crippen LogP contribution in [-0.2, 0) is 13.0 Å². The number of aromatic hydroxyl groups is 1. The summed E-state index contributed by atoms with van der Waals surface area (Å²) < 4.78 is 1.74. The second-order valence-corrected chi connectivity index (χ2v) is 4.67. The Morgan fingerprint density at radius 2 is 1.70 bits per heavy atom. The molecule has 3 aromatic rings. The first-order chi connectivity index (χ1) is 9.81. The van der Waals surface area contributed by atoms with Crippen molar-refractivity contribution in [3.8, 4) is 5.88 Å². The minimum Gasteiger partial charge on any atom is -0.493 e. The van der Waals surface area contributed by atoms with Crippen LogP contribution in [0.5, 0.6) is 5.88 Å². The fourth-order valence-electron chi connectivity index (χ4n) is 2.47. The van der Waals surface area contributed by atoms with E-state index in [0.29, 0.717) is 11.9 Å². The van der Waals surface area contributed by atoms with Crippen LogP contribution in [0, 0.1) is 4.91 Å². The molecular formula is C16H14N2O2. The Bertz CT molecular complexity index is 748. The Morgan fingerprint density at radius 3 is 2.45 bits per heavy atom. The molecule has 0 unspecified atom stereocenters. The summed E-state index contributed by atoms with van der Waals surface area (Å²) in [7, 11) is 0. The zero-order chi connectivity index (χ0) is 13.9. The lowest BCUT2D eigenvalue weighted by molar-refractivity contribution is 0.423. The molecule has 20 heavy (non-hydrogen) atoms. The lowest BCUT2D eigenvalue weighted by Crippen LogP contribution is -2.00. The maximum atomic E-state index is 10.9. The highest BCUT2D eigenvalue weighted by atomic mass is 16.3. The zero-order valence-corrected chi connectivity index (χ0v) is 10.9. The van der Waals surface area contributed by atoms with Gasteiger partial charge >= 0.3 is 0 Å². The van der Waals surface area contributed by atoms with Gasteiger partial charge in [0.05, 0.1) is 5.52 Å². The molecule has 4 nitrogen and oxygen atoms in total. The highest BCUT2D eigenvalue weighted by Crippen LogP contribution is 2.38. The predicted molar refractivity (Wildman–Crippen MR) is 79.2 cm³/mol. The third kappa shape index (κ3) is 2.05. The SMILES string of the molecule is O=Nc1c(O)n(CCc2ccccc2)c2ccccc12. The van der Waals surface area contributed by atoms with E-state index in [1.807, 2.05) is 48.5 Å². The van der Waals surface area contributed by atoms with E-state index >= 15 is 0 Å². The molecule has 0 radical (unpaired) electrons. The van der Waals surface area contributed by atoms with Crippen molar-refractivity contribution in [3.05, 3.63) is 65.1 Å². The van der Waals surface area contributed by atoms with Crippen LogP contribution in [0.15, 0.2) is 59.8 Å². The van der Waals surface area contributed by atoms with Gasteiger partial charge in [0.1, 0.15) is 0 Å². The molecule has 0 spiro atoms. The van der Waals surface area contributed by atoms with E-state index in [1.54, 1.807) is 10.6 Å². The molecule has 2 aromatic carbocycles. The van der Waals surface area contributed by atoms with Gasteiger partial charge in [0.15, 0.2) is 5.69 Å². The summed E-state index contributed by atoms with van der Waals surface area (Å²) in [6, 6.07) is 17.4. The summed E-state index contributed by atoms with van der Waals surface area (Å²) in [5.41, 5.74) is 2.13. The number of fused-ring (bicyclic) bond motifs is 1. The summed E-state index contributed by atoms with van der Waals surface area (Å²) in [5, 5.41) is 13.8. The van der Waals surface area contributed by atoms with Crippen LogP contribution < -0.4 is 0 Å². The molecule has 100 valence electrons. The molecule has 3 rings (SSSR count). The van der Waals surface area contributed by atoms with Gasteiger partial charge < -0.3 is 9.67 Å². The van der Waals surface area contributed by atoms with Crippen molar-refractivity contribution in [1.29, 1.82) is 0 Å². The Kier molecular flexibility index (Phi) is 3.21. The van der Waals surface area contributed by atoms with Gasteiger partial charge in [-0.25, -0.2) is 0 Å². The normalized spacial score (nSPS) is 10.8. The van der Waals surface area contributed by atoms with Crippen molar-refractivity contribution in [3.63, 3.8) is 0 Å². The predicted octanol–water partition coefficient (Wildman–Crippen LogP) is 3.99. The fourth-order valence-corrected chi connectivity index (χ4v) is 2.47. The Labute approximate surface area is 116 Å². The number of hydrogen-bond donors (Lipinski definition) is 1. The van der Waals surface area contributed by atoms with Crippen LogP contribution >= 0.6 is 0 Å². The van der Waals surface area contributed by atoms with Crippen LogP contribution in [0.4, 0.5) is 5.69 Å². The average molecular weight is 266 g/mol. The number of nitrogens with zero attached hydrogens (tertiary/aromatic N) is 2. The monoisotopic (exact) mass is 266 g/mol. The Hall–Kier alpha value is -2.62. The molecule has 1 heterocycles. The quantitative estimate of drug-likeness (QED) is 0.726. The number of nitroso groups, excluding NO2 is 1. The van der Waals surface area contributed by atoms with Gasteiger partial charge in [0.25, 0.3) is 0 Å². The Balaban J connectivity index is 1.99. The summed E-state index contributed by atoms with van der Waals surface area (Å²) in [6.07, 6.45) is 0.783. The highest BCUT2D eigenvalue weighted by molar-refractivity contribution is 5.95. The second kappa shape index (κ2) is 5.17. The maximum Gasteiger partial charge on any atom is 0.222 e. The number of rotatable bonds is 4. The van der Waals surface area contributed by atoms with Crippen molar-refractivity contribution < 1.29 is 5.11 Å². The first-order valence-electron chi connectivity index (χ1n) is 6.48. The molecule has 0 saturated heterocycles. The van der Waals surface area contributed by atoms with Crippen LogP contribution in [0.3, 0.4) is 0 Å². The molecule has 0 fully saturated rings. The summed E-state index contributed by atoms with van der Waals surface area (Å²) in [4.78, 5) is 10.9. The standard InChI is InChI=1S/C16H14N2O2/c19-16-15(17-20)13-8-4-5-9-14(13)18(16)11-10-12-6-2-1-3-7-12/h1-9,19H,10-11H2. The molecule has 0 amide bonds. The molecule has 0 bridgehead atoms. The van der Waals surface area contributed by atoms with E-state index in [2.05, 4.69) is 5.18 Å². The molecule has 4 heteroatoms. The first kappa shape index (κ1) is 12.4. The largest absolute Gasteiger partial charge is 0.493 e. The van der Waals surface area contributed by atoms with Gasteiger partial charge in [-0.15, -0.1) is 4.91 Å². The fraction of sp³-hybridized carbons (Fsp3) is 0.125. The second-order valence-electron chi connectivity index (χ2n) is 4.67. The van der Waals surface area contributed by atoms with E-state index in [-0.39, 0.29) is 11.6 Å². The lowest BCUT2D eigenvalue weighted by atomic mass is 10.1. The number of benzene rings is 2. The molecule has 0 saturated carbocycles. The van der Waals surface area contributed by atoms with E-state index in [0.717, 1.165) is 11.9 Å². The van der Waals surface area contributed by atoms with Crippen molar-refractivity contribution in [1.82, 2.24) is 4.57 Å². The van der Waals surface area contributed by atoms with Crippen molar-refractivity contribution >= 4 is 16.6 Å². The maximum absolute atomic E-state index is 10.9. The number of aromatic nitrogens is 1. The summed E-state index contributed by atoms with van der Waals surface area (Å²) in [6.45, 7) is 0.603. The van der Waals surface area contributed by atoms with Gasteiger partial charge in [0.2, 0.25) is 5.88 Å². The van der Waals surface area contributed by atoms with Crippen LogP contribution in [0.25, 0.3) is 10.9 Å². The summed E-state index contributed by atoms with van der Waals surface area (Å²) in [5.74, 6) is -0.0582. The van der Waals surface area contributed by atoms with Crippen molar-refractivity contribution in [2.45, 2.75) is 13.0 Å². The van der Waals surface area contributed by atoms with E-state index < -0.39 is 0 Å². The van der Waals surface area contributed by atoms with Gasteiger partial charge in [0, 0.05) is 11.9 Å². The topological polar surface area (TPSA) is 54.6 Å². The minimum atomic E-state index is -0.0582. The lowest BCUT2D eigenvalue weighted by Gasteiger charge is -2.06. The van der Waals surface area contributed by atoms with Crippen molar-refractivity contribution in [2.24, 2.45) is 5.18 Å². The van der Waals surface area contributed by atoms with E-state index in [9.17, 15) is 10.0 Å². The third-order valence-electron chi connectivity index (χ3n) is 3.48. The van der Waals surface area contributed by atoms with Crippen LogP contribution in [0.1, 0.15) is 5.56 Å². The Morgan fingerprint density at radius 1 is 1.00 bits per heavy atom. The van der Waals surface area contributed by atoms with Gasteiger partial charge in [-0.05, 0) is 23.2 Å². The highest BCUT2D eigenvalue weighted by Gasteiger charge is 2.16. The van der Waals surface area contributed by atoms with E-state index in [1.165, 1.54) is 5.56 Å². The zero-order valence-electron chi connectivity index (χ0n) is 10.9. The van der Waals surface area contributed by atoms with Crippen molar-refractivity contribution in [2.75, 3.05) is 0 Å². The molecule has 1 aromatic heterocycles. The van der Waals surface area contributed by atoms with Gasteiger partial charge in [-0.2, -0.15) is 0 Å². The minimum absolute atomic E-state index is 0.0582. The molecule has 0 atom stereocenters. The molecule has 0 aliphatic carbocycles. The van der Waals surface area contributed by atoms with E-state index in [4.69, 9.17) is 0 Å². The molecule has 0 aliphatic rings.